The second-order valence-corrected chi connectivity index (χ2v) is 3.69. The van der Waals surface area contributed by atoms with Gasteiger partial charge in [0.05, 0.1) is 12.8 Å². The lowest BCUT2D eigenvalue weighted by atomic mass is 10.1. The number of amides is 1. The highest BCUT2D eigenvalue weighted by molar-refractivity contribution is 6.04. The zero-order valence-electron chi connectivity index (χ0n) is 9.55. The van der Waals surface area contributed by atoms with Gasteiger partial charge in [-0.15, -0.1) is 0 Å². The maximum absolute atomic E-state index is 11.3. The molecule has 1 aromatic rings. The van der Waals surface area contributed by atoms with Gasteiger partial charge in [-0.2, -0.15) is 0 Å². The van der Waals surface area contributed by atoms with Crippen molar-refractivity contribution < 1.29 is 24.6 Å². The van der Waals surface area contributed by atoms with Gasteiger partial charge in [0.25, 0.3) is 0 Å². The van der Waals surface area contributed by atoms with E-state index in [1.807, 2.05) is 0 Å². The van der Waals surface area contributed by atoms with Gasteiger partial charge in [0.2, 0.25) is 5.91 Å². The SMILES string of the molecule is O=C(O)Cc1ccc(NC(=O)CC(=O)CO)cc1. The first-order valence-electron chi connectivity index (χ1n) is 5.24. The number of nitrogens with one attached hydrogen (secondary N) is 1. The van der Waals surface area contributed by atoms with Gasteiger partial charge >= 0.3 is 5.97 Å². The zero-order chi connectivity index (χ0) is 13.5. The maximum atomic E-state index is 11.3. The summed E-state index contributed by atoms with van der Waals surface area (Å²) in [5.74, 6) is -2.00. The molecule has 0 aliphatic heterocycles. The number of Topliss-reactive ketones (excluding diaryl/α,β-unsaturated/α-hetero) is 1. The van der Waals surface area contributed by atoms with Crippen LogP contribution in [0.25, 0.3) is 0 Å². The molecule has 3 N–H and O–H groups in total. The summed E-state index contributed by atoms with van der Waals surface area (Å²) >= 11 is 0. The van der Waals surface area contributed by atoms with Crippen molar-refractivity contribution in [3.8, 4) is 0 Å². The summed E-state index contributed by atoms with van der Waals surface area (Å²) in [6, 6.07) is 6.27. The van der Waals surface area contributed by atoms with Crippen molar-refractivity contribution >= 4 is 23.3 Å². The summed E-state index contributed by atoms with van der Waals surface area (Å²) in [4.78, 5) is 32.6. The van der Waals surface area contributed by atoms with Crippen LogP contribution in [0, 0.1) is 0 Å². The fourth-order valence-electron chi connectivity index (χ4n) is 1.32. The molecule has 0 atom stereocenters. The van der Waals surface area contributed by atoms with Crippen molar-refractivity contribution in [2.24, 2.45) is 0 Å². The summed E-state index contributed by atoms with van der Waals surface area (Å²) < 4.78 is 0. The van der Waals surface area contributed by atoms with Crippen LogP contribution in [-0.4, -0.2) is 34.5 Å². The number of carbonyl (C=O) groups is 3. The van der Waals surface area contributed by atoms with E-state index in [4.69, 9.17) is 10.2 Å². The van der Waals surface area contributed by atoms with E-state index in [0.717, 1.165) is 0 Å². The van der Waals surface area contributed by atoms with Crippen LogP contribution in [0.4, 0.5) is 5.69 Å². The Morgan fingerprint density at radius 2 is 1.72 bits per heavy atom. The number of hydrogen-bond donors (Lipinski definition) is 3. The maximum Gasteiger partial charge on any atom is 0.307 e. The smallest absolute Gasteiger partial charge is 0.307 e. The van der Waals surface area contributed by atoms with Crippen molar-refractivity contribution in [2.75, 3.05) is 11.9 Å². The Kier molecular flexibility index (Phi) is 5.01. The molecule has 0 unspecified atom stereocenters. The van der Waals surface area contributed by atoms with Crippen LogP contribution in [0.3, 0.4) is 0 Å². The lowest BCUT2D eigenvalue weighted by molar-refractivity contribution is -0.136. The summed E-state index contributed by atoms with van der Waals surface area (Å²) in [6.45, 7) is -0.662. The fourth-order valence-corrected chi connectivity index (χ4v) is 1.32. The van der Waals surface area contributed by atoms with Crippen molar-refractivity contribution in [1.82, 2.24) is 0 Å². The number of carboxylic acids is 1. The third-order valence-electron chi connectivity index (χ3n) is 2.13. The molecule has 1 rings (SSSR count). The minimum Gasteiger partial charge on any atom is -0.481 e. The second-order valence-electron chi connectivity index (χ2n) is 3.69. The van der Waals surface area contributed by atoms with Crippen LogP contribution >= 0.6 is 0 Å². The highest BCUT2D eigenvalue weighted by atomic mass is 16.4. The fraction of sp³-hybridized carbons (Fsp3) is 0.250. The minimum atomic E-state index is -0.930. The van der Waals surface area contributed by atoms with Crippen molar-refractivity contribution in [3.05, 3.63) is 29.8 Å². The molecule has 6 heteroatoms. The van der Waals surface area contributed by atoms with Gasteiger partial charge in [-0.25, -0.2) is 0 Å². The standard InChI is InChI=1S/C12H13NO5/c14-7-10(15)6-11(16)13-9-3-1-8(2-4-9)5-12(17)18/h1-4,14H,5-7H2,(H,13,16)(H,17,18). The second kappa shape index (κ2) is 6.51. The Morgan fingerprint density at radius 1 is 1.11 bits per heavy atom. The summed E-state index contributed by atoms with van der Waals surface area (Å²) in [6.07, 6.45) is -0.468. The van der Waals surface area contributed by atoms with Crippen LogP contribution in [0.5, 0.6) is 0 Å². The summed E-state index contributed by atoms with van der Waals surface area (Å²) in [5.41, 5.74) is 1.09. The lowest BCUT2D eigenvalue weighted by Gasteiger charge is -2.05. The molecule has 6 nitrogen and oxygen atoms in total. The van der Waals surface area contributed by atoms with Gasteiger partial charge in [-0.05, 0) is 17.7 Å². The van der Waals surface area contributed by atoms with Gasteiger partial charge in [-0.1, -0.05) is 12.1 Å². The van der Waals surface area contributed by atoms with Crippen molar-refractivity contribution in [2.45, 2.75) is 12.8 Å². The number of aliphatic carboxylic acids is 1. The minimum absolute atomic E-state index is 0.0861. The molecule has 0 heterocycles. The van der Waals surface area contributed by atoms with Gasteiger partial charge in [0, 0.05) is 5.69 Å². The molecule has 0 spiro atoms. The van der Waals surface area contributed by atoms with E-state index in [1.54, 1.807) is 24.3 Å². The first kappa shape index (κ1) is 13.9. The molecule has 0 aromatic heterocycles. The predicted molar refractivity (Wildman–Crippen MR) is 63.1 cm³/mol. The molecule has 0 saturated carbocycles. The molecule has 0 fully saturated rings. The molecule has 0 saturated heterocycles. The van der Waals surface area contributed by atoms with Crippen LogP contribution in [-0.2, 0) is 20.8 Å². The summed E-state index contributed by atoms with van der Waals surface area (Å²) in [5, 5.41) is 19.5. The highest BCUT2D eigenvalue weighted by Crippen LogP contribution is 2.10. The van der Waals surface area contributed by atoms with E-state index in [2.05, 4.69) is 5.32 Å². The molecule has 96 valence electrons. The Bertz CT molecular complexity index is 452. The van der Waals surface area contributed by atoms with Gasteiger partial charge < -0.3 is 15.5 Å². The molecule has 0 radical (unpaired) electrons. The van der Waals surface area contributed by atoms with E-state index in [0.29, 0.717) is 11.3 Å². The number of carbonyl (C=O) groups excluding carboxylic acids is 2. The molecule has 0 aliphatic rings. The van der Waals surface area contributed by atoms with E-state index in [1.165, 1.54) is 0 Å². The van der Waals surface area contributed by atoms with Crippen molar-refractivity contribution in [1.29, 1.82) is 0 Å². The number of ketones is 1. The third-order valence-corrected chi connectivity index (χ3v) is 2.13. The Labute approximate surface area is 103 Å². The van der Waals surface area contributed by atoms with Crippen LogP contribution < -0.4 is 5.32 Å². The number of aliphatic hydroxyl groups is 1. The van der Waals surface area contributed by atoms with Crippen LogP contribution in [0.1, 0.15) is 12.0 Å². The van der Waals surface area contributed by atoms with E-state index < -0.39 is 24.3 Å². The number of benzene rings is 1. The molecule has 0 aliphatic carbocycles. The molecular formula is C12H13NO5. The first-order chi connectivity index (χ1) is 8.51. The van der Waals surface area contributed by atoms with Gasteiger partial charge in [0.15, 0.2) is 5.78 Å². The molecule has 0 bridgehead atoms. The number of aliphatic hydroxyl groups excluding tert-OH is 1. The highest BCUT2D eigenvalue weighted by Gasteiger charge is 2.08. The Balaban J connectivity index is 2.55. The Morgan fingerprint density at radius 3 is 2.22 bits per heavy atom. The Hall–Kier alpha value is -2.21. The van der Waals surface area contributed by atoms with E-state index in [9.17, 15) is 14.4 Å². The largest absolute Gasteiger partial charge is 0.481 e. The van der Waals surface area contributed by atoms with E-state index >= 15 is 0 Å². The first-order valence-corrected chi connectivity index (χ1v) is 5.24. The molecule has 1 amide bonds. The topological polar surface area (TPSA) is 104 Å². The normalized spacial score (nSPS) is 9.83. The number of anilines is 1. The van der Waals surface area contributed by atoms with E-state index in [-0.39, 0.29) is 12.8 Å². The zero-order valence-corrected chi connectivity index (χ0v) is 9.55. The van der Waals surface area contributed by atoms with Gasteiger partial charge in [0.1, 0.15) is 6.61 Å². The number of rotatable bonds is 6. The monoisotopic (exact) mass is 251 g/mol. The lowest BCUT2D eigenvalue weighted by Crippen LogP contribution is -2.18. The number of carboxylic acid groups (broad SMARTS) is 1. The van der Waals surface area contributed by atoms with Crippen molar-refractivity contribution in [3.63, 3.8) is 0 Å². The average Bonchev–Trinajstić information content (AvgIpc) is 2.30. The predicted octanol–water partition coefficient (Wildman–Crippen LogP) is 0.204. The average molecular weight is 251 g/mol. The quantitative estimate of drug-likeness (QED) is 0.627. The summed E-state index contributed by atoms with van der Waals surface area (Å²) in [7, 11) is 0. The molecule has 1 aromatic carbocycles. The van der Waals surface area contributed by atoms with Crippen LogP contribution in [0.2, 0.25) is 0 Å². The third kappa shape index (κ3) is 4.75. The molecular weight excluding hydrogens is 238 g/mol. The molecule has 18 heavy (non-hydrogen) atoms. The number of hydrogen-bond acceptors (Lipinski definition) is 4. The van der Waals surface area contributed by atoms with Crippen LogP contribution in [0.15, 0.2) is 24.3 Å². The van der Waals surface area contributed by atoms with Gasteiger partial charge in [-0.3, -0.25) is 14.4 Å².